The van der Waals surface area contributed by atoms with E-state index in [1.54, 1.807) is 0 Å². The Balaban J connectivity index is 0.000000247. The van der Waals surface area contributed by atoms with Gasteiger partial charge in [-0.05, 0) is 88.6 Å². The van der Waals surface area contributed by atoms with Gasteiger partial charge in [-0.15, -0.1) is 54.1 Å². The standard InChI is InChI=1S/C37H32N3O.C15H18NSi.Ir/c1-22(2)30-19-26(25-12-7-6-8-13-25)20-31(23(3)4)34(30)40-32-18-24(5)21-38-36(32)39-37(40)29-16-11-15-28-27-14-9-10-17-33(27)41-35(28)29;1-12-10-14(13-8-6-5-7-9-13)16-11-15(12)17(2,3)4;/h6-15,17-23H,1-5H3;5-8,10-11H,1-4H3;/q2*-1;. The third kappa shape index (κ3) is 8.25. The van der Waals surface area contributed by atoms with Gasteiger partial charge in [0.2, 0.25) is 0 Å². The van der Waals surface area contributed by atoms with Gasteiger partial charge in [0, 0.05) is 43.6 Å². The number of para-hydroxylation sites is 1. The minimum atomic E-state index is -1.27. The van der Waals surface area contributed by atoms with Crippen molar-refractivity contribution in [1.29, 1.82) is 0 Å². The first-order chi connectivity index (χ1) is 27.9. The summed E-state index contributed by atoms with van der Waals surface area (Å²) in [5.41, 5.74) is 14.9. The predicted molar refractivity (Wildman–Crippen MR) is 245 cm³/mol. The molecule has 0 aliphatic rings. The van der Waals surface area contributed by atoms with Gasteiger partial charge in [0.05, 0.1) is 25.0 Å². The van der Waals surface area contributed by atoms with Crippen molar-refractivity contribution in [2.45, 2.75) is 73.0 Å². The molecule has 0 aliphatic heterocycles. The molecule has 0 atom stereocenters. The number of furan rings is 1. The SMILES string of the molecule is Cc1cc(-c2[c-]cccc2)ncc1[Si](C)(C)C.Cc1cnc2nc(-c3[c-]ccc4c3oc3ccccc34)n(-c3c(C(C)C)cc(-c4ccccc4)cc3C(C)C)c2c1.[Ir]. The fourth-order valence-corrected chi connectivity index (χ4v) is 9.68. The number of imidazole rings is 1. The second kappa shape index (κ2) is 17.0. The Kier molecular flexibility index (Phi) is 12.0. The van der Waals surface area contributed by atoms with Crippen molar-refractivity contribution in [2.24, 2.45) is 0 Å². The van der Waals surface area contributed by atoms with Crippen LogP contribution in [0.4, 0.5) is 0 Å². The van der Waals surface area contributed by atoms with Crippen LogP contribution in [0.25, 0.3) is 72.6 Å². The van der Waals surface area contributed by atoms with E-state index in [-0.39, 0.29) is 31.9 Å². The Bertz CT molecular complexity index is 2880. The largest absolute Gasteiger partial charge is 0.501 e. The fourth-order valence-electron chi connectivity index (χ4n) is 7.97. The molecule has 59 heavy (non-hydrogen) atoms. The van der Waals surface area contributed by atoms with Crippen LogP contribution in [0.2, 0.25) is 19.6 Å². The summed E-state index contributed by atoms with van der Waals surface area (Å²) in [4.78, 5) is 14.5. The average molecular weight is 967 g/mol. The molecule has 0 aliphatic carbocycles. The van der Waals surface area contributed by atoms with Crippen LogP contribution in [-0.4, -0.2) is 27.6 Å². The molecule has 5 nitrogen and oxygen atoms in total. The summed E-state index contributed by atoms with van der Waals surface area (Å²) in [6.45, 7) is 20.4. The quantitative estimate of drug-likeness (QED) is 0.118. The molecule has 0 unspecified atom stereocenters. The molecule has 7 heteroatoms. The van der Waals surface area contributed by atoms with Gasteiger partial charge in [0.1, 0.15) is 5.58 Å². The number of fused-ring (bicyclic) bond motifs is 4. The molecule has 0 fully saturated rings. The van der Waals surface area contributed by atoms with E-state index in [4.69, 9.17) is 14.4 Å². The monoisotopic (exact) mass is 967 g/mol. The van der Waals surface area contributed by atoms with E-state index in [0.717, 1.165) is 55.7 Å². The Morgan fingerprint density at radius 2 is 1.37 bits per heavy atom. The first-order valence-corrected chi connectivity index (χ1v) is 23.7. The van der Waals surface area contributed by atoms with E-state index in [0.29, 0.717) is 5.65 Å². The van der Waals surface area contributed by atoms with Gasteiger partial charge >= 0.3 is 0 Å². The number of pyridine rings is 2. The molecule has 299 valence electrons. The molecule has 4 heterocycles. The Morgan fingerprint density at radius 3 is 2.03 bits per heavy atom. The summed E-state index contributed by atoms with van der Waals surface area (Å²) < 4.78 is 8.79. The molecule has 0 saturated heterocycles. The number of rotatable bonds is 7. The van der Waals surface area contributed by atoms with Gasteiger partial charge in [-0.1, -0.05) is 118 Å². The van der Waals surface area contributed by atoms with E-state index in [9.17, 15) is 0 Å². The van der Waals surface area contributed by atoms with Crippen LogP contribution < -0.4 is 5.19 Å². The molecule has 4 aromatic heterocycles. The number of aromatic nitrogens is 4. The zero-order valence-electron chi connectivity index (χ0n) is 35.3. The van der Waals surface area contributed by atoms with Gasteiger partial charge in [0.15, 0.2) is 5.65 Å². The summed E-state index contributed by atoms with van der Waals surface area (Å²) in [5.74, 6) is 1.35. The van der Waals surface area contributed by atoms with Gasteiger partial charge in [-0.3, -0.25) is 4.98 Å². The smallest absolute Gasteiger partial charge is 0.168 e. The van der Waals surface area contributed by atoms with Crippen LogP contribution in [0.3, 0.4) is 0 Å². The second-order valence-electron chi connectivity index (χ2n) is 16.9. The Labute approximate surface area is 363 Å². The number of benzene rings is 5. The average Bonchev–Trinajstić information content (AvgIpc) is 3.79. The molecule has 0 spiro atoms. The van der Waals surface area contributed by atoms with Gasteiger partial charge < -0.3 is 14.0 Å². The number of hydrogen-bond acceptors (Lipinski definition) is 4. The number of hydrogen-bond donors (Lipinski definition) is 0. The Hall–Kier alpha value is -5.46. The van der Waals surface area contributed by atoms with Crippen molar-refractivity contribution in [3.63, 3.8) is 0 Å². The predicted octanol–water partition coefficient (Wildman–Crippen LogP) is 13.4. The van der Waals surface area contributed by atoms with Crippen molar-refractivity contribution in [3.05, 3.63) is 162 Å². The summed E-state index contributed by atoms with van der Waals surface area (Å²) in [6, 6.07) is 46.7. The molecule has 0 saturated carbocycles. The summed E-state index contributed by atoms with van der Waals surface area (Å²) in [6.07, 6.45) is 3.94. The molecular weight excluding hydrogens is 917 g/mol. The third-order valence-corrected chi connectivity index (χ3v) is 13.0. The van der Waals surface area contributed by atoms with Crippen LogP contribution in [0.5, 0.6) is 0 Å². The molecule has 0 N–H and O–H groups in total. The number of aryl methyl sites for hydroxylation is 2. The first-order valence-electron chi connectivity index (χ1n) is 20.2. The van der Waals surface area contributed by atoms with Crippen molar-refractivity contribution in [2.75, 3.05) is 0 Å². The topological polar surface area (TPSA) is 56.7 Å². The number of nitrogens with zero attached hydrogens (tertiary/aromatic N) is 4. The maximum atomic E-state index is 6.48. The van der Waals surface area contributed by atoms with E-state index in [1.807, 2.05) is 48.7 Å². The normalized spacial score (nSPS) is 11.6. The van der Waals surface area contributed by atoms with Crippen LogP contribution in [0, 0.1) is 26.0 Å². The third-order valence-electron chi connectivity index (χ3n) is 10.9. The molecule has 5 aromatic carbocycles. The molecule has 0 amide bonds. The maximum Gasteiger partial charge on any atom is 0.168 e. The van der Waals surface area contributed by atoms with E-state index in [1.165, 1.54) is 38.7 Å². The summed E-state index contributed by atoms with van der Waals surface area (Å²) in [5, 5.41) is 3.59. The maximum absolute atomic E-state index is 6.48. The molecule has 9 rings (SSSR count). The van der Waals surface area contributed by atoms with E-state index < -0.39 is 8.07 Å². The van der Waals surface area contributed by atoms with Gasteiger partial charge in [-0.25, -0.2) is 4.98 Å². The Morgan fingerprint density at radius 1 is 0.678 bits per heavy atom. The molecule has 0 bridgehead atoms. The van der Waals surface area contributed by atoms with Crippen LogP contribution in [-0.2, 0) is 20.1 Å². The minimum Gasteiger partial charge on any atom is -0.501 e. The zero-order chi connectivity index (χ0) is 40.7. The van der Waals surface area contributed by atoms with Gasteiger partial charge in [-0.2, -0.15) is 0 Å². The summed E-state index contributed by atoms with van der Waals surface area (Å²) >= 11 is 0. The van der Waals surface area contributed by atoms with Crippen LogP contribution in [0.1, 0.15) is 61.8 Å². The zero-order valence-corrected chi connectivity index (χ0v) is 38.7. The molecule has 9 aromatic rings. The first kappa shape index (κ1) is 41.7. The van der Waals surface area contributed by atoms with E-state index in [2.05, 4.69) is 162 Å². The fraction of sp³-hybridized carbons (Fsp3) is 0.212. The van der Waals surface area contributed by atoms with Gasteiger partial charge in [0.25, 0.3) is 0 Å². The van der Waals surface area contributed by atoms with E-state index >= 15 is 0 Å². The van der Waals surface area contributed by atoms with Crippen LogP contribution in [0.15, 0.2) is 132 Å². The van der Waals surface area contributed by atoms with Crippen molar-refractivity contribution in [3.8, 4) is 39.5 Å². The molecular formula is C52H50IrN4OSi-2. The van der Waals surface area contributed by atoms with Crippen molar-refractivity contribution in [1.82, 2.24) is 19.5 Å². The molecule has 1 radical (unpaired) electrons. The minimum absolute atomic E-state index is 0. The van der Waals surface area contributed by atoms with Crippen LogP contribution >= 0.6 is 0 Å². The second-order valence-corrected chi connectivity index (χ2v) is 21.9. The summed E-state index contributed by atoms with van der Waals surface area (Å²) in [7, 11) is -1.27. The van der Waals surface area contributed by atoms with Crippen molar-refractivity contribution >= 4 is 46.4 Å². The van der Waals surface area contributed by atoms with Crippen molar-refractivity contribution < 1.29 is 24.5 Å².